The fourth-order valence-corrected chi connectivity index (χ4v) is 2.94. The molecule has 2 aliphatic rings. The van der Waals surface area contributed by atoms with Gasteiger partial charge in [0.15, 0.2) is 0 Å². The second-order valence-electron chi connectivity index (χ2n) is 4.92. The first-order valence-electron chi connectivity index (χ1n) is 5.98. The van der Waals surface area contributed by atoms with E-state index in [1.165, 1.54) is 0 Å². The van der Waals surface area contributed by atoms with Crippen LogP contribution in [0.5, 0.6) is 0 Å². The van der Waals surface area contributed by atoms with Crippen molar-refractivity contribution in [3.05, 3.63) is 0 Å². The van der Waals surface area contributed by atoms with Crippen LogP contribution >= 0.6 is 0 Å². The number of aliphatic hydroxyl groups is 1. The zero-order valence-electron chi connectivity index (χ0n) is 9.48. The minimum atomic E-state index is -0.747. The molecule has 16 heavy (non-hydrogen) atoms. The number of rotatable bonds is 4. The molecule has 0 aromatic rings. The van der Waals surface area contributed by atoms with Crippen LogP contribution in [0.15, 0.2) is 0 Å². The van der Waals surface area contributed by atoms with E-state index >= 15 is 0 Å². The topological polar surface area (TPSA) is 72.8 Å². The molecule has 0 bridgehead atoms. The number of aliphatic carboxylic acids is 1. The second kappa shape index (κ2) is 4.69. The Bertz CT molecular complexity index is 266. The monoisotopic (exact) mass is 228 g/mol. The summed E-state index contributed by atoms with van der Waals surface area (Å²) in [5, 5.41) is 21.5. The van der Waals surface area contributed by atoms with Gasteiger partial charge in [-0.3, -0.25) is 9.69 Å². The SMILES string of the molecule is O=C(O)CC1(N2CCCCC2CO)CNC1. The molecule has 0 spiro atoms. The van der Waals surface area contributed by atoms with E-state index in [1.807, 2.05) is 0 Å². The van der Waals surface area contributed by atoms with Gasteiger partial charge >= 0.3 is 5.97 Å². The minimum absolute atomic E-state index is 0.140. The van der Waals surface area contributed by atoms with Crippen molar-refractivity contribution in [1.29, 1.82) is 0 Å². The van der Waals surface area contributed by atoms with Crippen LogP contribution in [0, 0.1) is 0 Å². The molecule has 0 aromatic heterocycles. The maximum absolute atomic E-state index is 10.9. The molecular weight excluding hydrogens is 208 g/mol. The van der Waals surface area contributed by atoms with Crippen molar-refractivity contribution in [1.82, 2.24) is 10.2 Å². The van der Waals surface area contributed by atoms with Gasteiger partial charge in [-0.1, -0.05) is 6.42 Å². The summed E-state index contributed by atoms with van der Waals surface area (Å²) in [5.41, 5.74) is -0.250. The Labute approximate surface area is 95.4 Å². The molecule has 0 aliphatic carbocycles. The maximum atomic E-state index is 10.9. The van der Waals surface area contributed by atoms with Gasteiger partial charge in [0.25, 0.3) is 0 Å². The van der Waals surface area contributed by atoms with E-state index in [1.54, 1.807) is 0 Å². The third-order valence-corrected chi connectivity index (χ3v) is 3.84. The lowest BCUT2D eigenvalue weighted by molar-refractivity contribution is -0.143. The molecule has 0 aromatic carbocycles. The van der Waals surface area contributed by atoms with Crippen molar-refractivity contribution in [2.75, 3.05) is 26.2 Å². The van der Waals surface area contributed by atoms with Crippen LogP contribution in [-0.4, -0.2) is 58.9 Å². The van der Waals surface area contributed by atoms with E-state index < -0.39 is 5.97 Å². The van der Waals surface area contributed by atoms with Crippen LogP contribution in [0.4, 0.5) is 0 Å². The molecule has 0 amide bonds. The predicted octanol–water partition coefficient (Wildman–Crippen LogP) is -0.350. The Balaban J connectivity index is 2.09. The normalized spacial score (nSPS) is 29.7. The van der Waals surface area contributed by atoms with Gasteiger partial charge < -0.3 is 15.5 Å². The Morgan fingerprint density at radius 3 is 2.69 bits per heavy atom. The largest absolute Gasteiger partial charge is 0.481 e. The lowest BCUT2D eigenvalue weighted by atomic mass is 9.83. The lowest BCUT2D eigenvalue weighted by Gasteiger charge is -2.54. The van der Waals surface area contributed by atoms with E-state index in [-0.39, 0.29) is 24.6 Å². The highest BCUT2D eigenvalue weighted by atomic mass is 16.4. The molecule has 2 saturated heterocycles. The van der Waals surface area contributed by atoms with Crippen LogP contribution in [-0.2, 0) is 4.79 Å². The molecule has 3 N–H and O–H groups in total. The van der Waals surface area contributed by atoms with Crippen molar-refractivity contribution in [2.45, 2.75) is 37.3 Å². The Morgan fingerprint density at radius 1 is 1.44 bits per heavy atom. The van der Waals surface area contributed by atoms with Gasteiger partial charge in [0.2, 0.25) is 0 Å². The second-order valence-corrected chi connectivity index (χ2v) is 4.92. The third-order valence-electron chi connectivity index (χ3n) is 3.84. The Morgan fingerprint density at radius 2 is 2.19 bits per heavy atom. The van der Waals surface area contributed by atoms with Gasteiger partial charge in [0.1, 0.15) is 0 Å². The quantitative estimate of drug-likeness (QED) is 0.613. The molecule has 2 rings (SSSR count). The van der Waals surface area contributed by atoms with Crippen molar-refractivity contribution < 1.29 is 15.0 Å². The molecule has 92 valence electrons. The number of hydrogen-bond donors (Lipinski definition) is 3. The van der Waals surface area contributed by atoms with Gasteiger partial charge in [-0.15, -0.1) is 0 Å². The Hall–Kier alpha value is -0.650. The van der Waals surface area contributed by atoms with Gasteiger partial charge in [-0.2, -0.15) is 0 Å². The highest BCUT2D eigenvalue weighted by molar-refractivity contribution is 5.69. The van der Waals surface area contributed by atoms with Crippen LogP contribution in [0.1, 0.15) is 25.7 Å². The molecular formula is C11H20N2O3. The van der Waals surface area contributed by atoms with Crippen LogP contribution in [0.25, 0.3) is 0 Å². The standard InChI is InChI=1S/C11H20N2O3/c14-6-9-3-1-2-4-13(9)11(5-10(15)16)7-12-8-11/h9,12,14H,1-8H2,(H,15,16). The first-order valence-corrected chi connectivity index (χ1v) is 5.98. The molecule has 0 radical (unpaired) electrons. The lowest BCUT2D eigenvalue weighted by Crippen LogP contribution is -2.72. The smallest absolute Gasteiger partial charge is 0.305 e. The summed E-state index contributed by atoms with van der Waals surface area (Å²) in [6.45, 7) is 2.52. The molecule has 1 unspecified atom stereocenters. The van der Waals surface area contributed by atoms with Crippen molar-refractivity contribution in [3.8, 4) is 0 Å². The van der Waals surface area contributed by atoms with Gasteiger partial charge in [-0.25, -0.2) is 0 Å². The highest BCUT2D eigenvalue weighted by Gasteiger charge is 2.47. The number of likely N-dealkylation sites (tertiary alicyclic amines) is 1. The number of nitrogens with zero attached hydrogens (tertiary/aromatic N) is 1. The average Bonchev–Trinajstić information content (AvgIpc) is 2.23. The number of piperidine rings is 1. The summed E-state index contributed by atoms with van der Waals surface area (Å²) in [5.74, 6) is -0.747. The number of nitrogens with one attached hydrogen (secondary N) is 1. The van der Waals surface area contributed by atoms with Crippen LogP contribution in [0.3, 0.4) is 0 Å². The van der Waals surface area contributed by atoms with E-state index in [0.717, 1.165) is 38.9 Å². The summed E-state index contributed by atoms with van der Waals surface area (Å²) < 4.78 is 0. The predicted molar refractivity (Wildman–Crippen MR) is 59.3 cm³/mol. The molecule has 2 aliphatic heterocycles. The zero-order chi connectivity index (χ0) is 11.6. The average molecular weight is 228 g/mol. The Kier molecular flexibility index (Phi) is 3.47. The molecule has 1 atom stereocenters. The number of carboxylic acid groups (broad SMARTS) is 1. The van der Waals surface area contributed by atoms with Crippen LogP contribution < -0.4 is 5.32 Å². The number of aliphatic hydroxyl groups excluding tert-OH is 1. The summed E-state index contributed by atoms with van der Waals surface area (Å²) in [7, 11) is 0. The molecule has 2 heterocycles. The molecule has 0 saturated carbocycles. The zero-order valence-corrected chi connectivity index (χ0v) is 9.48. The van der Waals surface area contributed by atoms with Crippen LogP contribution in [0.2, 0.25) is 0 Å². The summed E-state index contributed by atoms with van der Waals surface area (Å²) in [4.78, 5) is 13.2. The van der Waals surface area contributed by atoms with Crippen molar-refractivity contribution >= 4 is 5.97 Å². The van der Waals surface area contributed by atoms with Gasteiger partial charge in [-0.05, 0) is 19.4 Å². The molecule has 5 nitrogen and oxygen atoms in total. The minimum Gasteiger partial charge on any atom is -0.481 e. The number of carboxylic acids is 1. The highest BCUT2D eigenvalue weighted by Crippen LogP contribution is 2.31. The summed E-state index contributed by atoms with van der Waals surface area (Å²) >= 11 is 0. The fourth-order valence-electron chi connectivity index (χ4n) is 2.94. The van der Waals surface area contributed by atoms with E-state index in [4.69, 9.17) is 5.11 Å². The van der Waals surface area contributed by atoms with Gasteiger partial charge in [0, 0.05) is 19.1 Å². The number of carbonyl (C=O) groups is 1. The van der Waals surface area contributed by atoms with E-state index in [9.17, 15) is 9.90 Å². The summed E-state index contributed by atoms with van der Waals surface area (Å²) in [6.07, 6.45) is 3.41. The van der Waals surface area contributed by atoms with E-state index in [0.29, 0.717) is 0 Å². The van der Waals surface area contributed by atoms with Crippen molar-refractivity contribution in [3.63, 3.8) is 0 Å². The fraction of sp³-hybridized carbons (Fsp3) is 0.909. The summed E-state index contributed by atoms with van der Waals surface area (Å²) in [6, 6.07) is 0.148. The first-order chi connectivity index (χ1) is 7.68. The number of hydrogen-bond acceptors (Lipinski definition) is 4. The molecule has 2 fully saturated rings. The van der Waals surface area contributed by atoms with E-state index in [2.05, 4.69) is 10.2 Å². The van der Waals surface area contributed by atoms with Crippen molar-refractivity contribution in [2.24, 2.45) is 0 Å². The first kappa shape index (κ1) is 11.8. The van der Waals surface area contributed by atoms with Gasteiger partial charge in [0.05, 0.1) is 18.6 Å². The third kappa shape index (κ3) is 2.07. The molecule has 5 heteroatoms. The maximum Gasteiger partial charge on any atom is 0.305 e.